The van der Waals surface area contributed by atoms with Crippen LogP contribution in [0.5, 0.6) is 0 Å². The first kappa shape index (κ1) is 11.4. The molecule has 0 atom stereocenters. The minimum absolute atomic E-state index is 0.412. The first-order chi connectivity index (χ1) is 9.27. The topological polar surface area (TPSA) is 61.4 Å². The summed E-state index contributed by atoms with van der Waals surface area (Å²) in [7, 11) is 0. The van der Waals surface area contributed by atoms with Gasteiger partial charge < -0.3 is 5.43 Å². The molecule has 2 aromatic rings. The van der Waals surface area contributed by atoms with Gasteiger partial charge in [-0.3, -0.25) is 9.59 Å². The van der Waals surface area contributed by atoms with E-state index in [1.54, 1.807) is 24.3 Å². The molecule has 0 fully saturated rings. The molecule has 0 spiro atoms. The van der Waals surface area contributed by atoms with Crippen LogP contribution in [0.1, 0.15) is 10.4 Å². The van der Waals surface area contributed by atoms with E-state index < -0.39 is 11.7 Å². The van der Waals surface area contributed by atoms with Crippen LogP contribution in [0, 0.1) is 0 Å². The van der Waals surface area contributed by atoms with E-state index in [2.05, 4.69) is 11.0 Å². The minimum atomic E-state index is -0.593. The quantitative estimate of drug-likeness (QED) is 0.646. The van der Waals surface area contributed by atoms with Gasteiger partial charge in [-0.05, 0) is 24.3 Å². The van der Waals surface area contributed by atoms with Crippen molar-refractivity contribution in [1.82, 2.24) is 5.53 Å². The fourth-order valence-electron chi connectivity index (χ4n) is 1.94. The van der Waals surface area contributed by atoms with Crippen molar-refractivity contribution >= 4 is 23.1 Å². The number of hydrogen-bond donors (Lipinski definition) is 2. The van der Waals surface area contributed by atoms with Crippen LogP contribution in [-0.2, 0) is 4.79 Å². The highest BCUT2D eigenvalue weighted by Crippen LogP contribution is 2.26. The molecule has 5 nitrogen and oxygen atoms in total. The molecule has 1 amide bonds. The number of para-hydroxylation sites is 2. The summed E-state index contributed by atoms with van der Waals surface area (Å²) in [5.74, 6) is -1.09. The zero-order chi connectivity index (χ0) is 13.2. The maximum absolute atomic E-state index is 11.9. The SMILES string of the molecule is O=C1C(=O)N(NNc2ccccc2)c2ccccc21. The lowest BCUT2D eigenvalue weighted by atomic mass is 10.1. The molecule has 2 aromatic carbocycles. The summed E-state index contributed by atoms with van der Waals surface area (Å²) in [6.07, 6.45) is 0. The van der Waals surface area contributed by atoms with Crippen molar-refractivity contribution in [3.8, 4) is 0 Å². The third kappa shape index (κ3) is 1.96. The number of rotatable bonds is 3. The largest absolute Gasteiger partial charge is 0.315 e. The van der Waals surface area contributed by atoms with Gasteiger partial charge in [0.05, 0.1) is 16.9 Å². The van der Waals surface area contributed by atoms with Crippen molar-refractivity contribution in [2.75, 3.05) is 10.4 Å². The first-order valence-corrected chi connectivity index (χ1v) is 5.82. The lowest BCUT2D eigenvalue weighted by Gasteiger charge is -2.18. The number of carbonyl (C=O) groups is 2. The lowest BCUT2D eigenvalue weighted by Crippen LogP contribution is -2.45. The Hall–Kier alpha value is -2.66. The normalized spacial score (nSPS) is 13.6. The van der Waals surface area contributed by atoms with Crippen molar-refractivity contribution in [1.29, 1.82) is 0 Å². The molecule has 1 aliphatic heterocycles. The molecular weight excluding hydrogens is 242 g/mol. The smallest absolute Gasteiger partial charge is 0.303 e. The first-order valence-electron chi connectivity index (χ1n) is 5.82. The van der Waals surface area contributed by atoms with E-state index in [4.69, 9.17) is 0 Å². The third-order valence-electron chi connectivity index (χ3n) is 2.87. The highest BCUT2D eigenvalue weighted by atomic mass is 16.2. The summed E-state index contributed by atoms with van der Waals surface area (Å²) in [6.45, 7) is 0. The van der Waals surface area contributed by atoms with Crippen LogP contribution in [0.4, 0.5) is 11.4 Å². The zero-order valence-corrected chi connectivity index (χ0v) is 9.96. The van der Waals surface area contributed by atoms with Crippen molar-refractivity contribution in [2.24, 2.45) is 0 Å². The molecule has 0 radical (unpaired) electrons. The van der Waals surface area contributed by atoms with Crippen molar-refractivity contribution in [2.45, 2.75) is 0 Å². The zero-order valence-electron chi connectivity index (χ0n) is 9.96. The number of hydrogen-bond acceptors (Lipinski definition) is 4. The second kappa shape index (κ2) is 4.55. The van der Waals surface area contributed by atoms with Gasteiger partial charge in [0.15, 0.2) is 0 Å². The number of carbonyl (C=O) groups excluding carboxylic acids is 2. The summed E-state index contributed by atoms with van der Waals surface area (Å²) < 4.78 is 0. The molecule has 19 heavy (non-hydrogen) atoms. The van der Waals surface area contributed by atoms with Gasteiger partial charge in [0.2, 0.25) is 0 Å². The van der Waals surface area contributed by atoms with E-state index >= 15 is 0 Å². The van der Waals surface area contributed by atoms with Crippen LogP contribution in [0.3, 0.4) is 0 Å². The van der Waals surface area contributed by atoms with Crippen molar-refractivity contribution in [3.05, 3.63) is 60.2 Å². The molecule has 3 rings (SSSR count). The van der Waals surface area contributed by atoms with Crippen LogP contribution < -0.4 is 16.0 Å². The van der Waals surface area contributed by atoms with Gasteiger partial charge in [-0.25, -0.2) is 5.01 Å². The predicted octanol–water partition coefficient (Wildman–Crippen LogP) is 1.75. The minimum Gasteiger partial charge on any atom is -0.303 e. The standard InChI is InChI=1S/C14H11N3O2/c18-13-11-8-4-5-9-12(11)17(14(13)19)16-15-10-6-2-1-3-7-10/h1-9,15-16H. The molecular formula is C14H11N3O2. The Kier molecular flexibility index (Phi) is 2.74. The molecule has 94 valence electrons. The number of hydrazine groups is 2. The van der Waals surface area contributed by atoms with E-state index in [1.165, 1.54) is 5.01 Å². The molecule has 2 N–H and O–H groups in total. The number of anilines is 2. The Labute approximate surface area is 109 Å². The molecule has 0 aromatic heterocycles. The van der Waals surface area contributed by atoms with E-state index in [9.17, 15) is 9.59 Å². The molecule has 0 aliphatic carbocycles. The summed E-state index contributed by atoms with van der Waals surface area (Å²) in [6, 6.07) is 16.2. The molecule has 5 heteroatoms. The van der Waals surface area contributed by atoms with E-state index in [-0.39, 0.29) is 0 Å². The summed E-state index contributed by atoms with van der Waals surface area (Å²) in [5, 5.41) is 1.21. The van der Waals surface area contributed by atoms with Crippen molar-refractivity contribution < 1.29 is 9.59 Å². The van der Waals surface area contributed by atoms with Gasteiger partial charge in [0, 0.05) is 0 Å². The van der Waals surface area contributed by atoms with Gasteiger partial charge in [0.1, 0.15) is 0 Å². The van der Waals surface area contributed by atoms with E-state index in [1.807, 2.05) is 30.3 Å². The van der Waals surface area contributed by atoms with Gasteiger partial charge in [-0.15, -0.1) is 5.53 Å². The van der Waals surface area contributed by atoms with Crippen LogP contribution in [0.2, 0.25) is 0 Å². The van der Waals surface area contributed by atoms with Gasteiger partial charge in [-0.1, -0.05) is 30.3 Å². The summed E-state index contributed by atoms with van der Waals surface area (Å²) in [4.78, 5) is 23.6. The average Bonchev–Trinajstić information content (AvgIpc) is 2.71. The number of nitrogens with zero attached hydrogens (tertiary/aromatic N) is 1. The van der Waals surface area contributed by atoms with Crippen LogP contribution in [0.25, 0.3) is 0 Å². The van der Waals surface area contributed by atoms with Crippen molar-refractivity contribution in [3.63, 3.8) is 0 Å². The third-order valence-corrected chi connectivity index (χ3v) is 2.87. The fourth-order valence-corrected chi connectivity index (χ4v) is 1.94. The lowest BCUT2D eigenvalue weighted by molar-refractivity contribution is -0.114. The predicted molar refractivity (Wildman–Crippen MR) is 71.5 cm³/mol. The highest BCUT2D eigenvalue weighted by Gasteiger charge is 2.35. The molecule has 0 saturated heterocycles. The molecule has 0 bridgehead atoms. The van der Waals surface area contributed by atoms with Gasteiger partial charge >= 0.3 is 5.91 Å². The molecule has 1 aliphatic rings. The summed E-state index contributed by atoms with van der Waals surface area (Å²) >= 11 is 0. The number of nitrogens with one attached hydrogen (secondary N) is 2. The second-order valence-corrected chi connectivity index (χ2v) is 4.09. The number of Topliss-reactive ketones (excluding diaryl/α,β-unsaturated/α-hetero) is 1. The number of ketones is 1. The summed E-state index contributed by atoms with van der Waals surface area (Å²) in [5.41, 5.74) is 7.40. The van der Waals surface area contributed by atoms with Crippen LogP contribution in [0.15, 0.2) is 54.6 Å². The molecule has 0 saturated carbocycles. The van der Waals surface area contributed by atoms with E-state index in [0.29, 0.717) is 11.3 Å². The van der Waals surface area contributed by atoms with Crippen LogP contribution in [-0.4, -0.2) is 11.7 Å². The highest BCUT2D eigenvalue weighted by molar-refractivity contribution is 6.52. The monoisotopic (exact) mass is 253 g/mol. The Bertz CT molecular complexity index is 640. The number of amides is 1. The van der Waals surface area contributed by atoms with Gasteiger partial charge in [-0.2, -0.15) is 0 Å². The Balaban J connectivity index is 1.82. The maximum atomic E-state index is 11.9. The number of fused-ring (bicyclic) bond motifs is 1. The second-order valence-electron chi connectivity index (χ2n) is 4.09. The van der Waals surface area contributed by atoms with Crippen LogP contribution >= 0.6 is 0 Å². The fraction of sp³-hybridized carbons (Fsp3) is 0. The average molecular weight is 253 g/mol. The molecule has 0 unspecified atom stereocenters. The number of benzene rings is 2. The maximum Gasteiger partial charge on any atom is 0.315 e. The van der Waals surface area contributed by atoms with Gasteiger partial charge in [0.25, 0.3) is 5.78 Å². The molecule has 1 heterocycles. The Morgan fingerprint density at radius 1 is 0.842 bits per heavy atom. The Morgan fingerprint density at radius 3 is 2.32 bits per heavy atom. The van der Waals surface area contributed by atoms with E-state index in [0.717, 1.165) is 5.69 Å². The Morgan fingerprint density at radius 2 is 1.53 bits per heavy atom.